The summed E-state index contributed by atoms with van der Waals surface area (Å²) in [5.41, 5.74) is 1.42. The number of halogens is 1. The molecule has 1 aliphatic carbocycles. The first-order valence-electron chi connectivity index (χ1n) is 6.41. The Morgan fingerprint density at radius 3 is 2.79 bits per heavy atom. The molecule has 0 saturated heterocycles. The van der Waals surface area contributed by atoms with E-state index in [1.165, 1.54) is 35.4 Å². The van der Waals surface area contributed by atoms with Crippen molar-refractivity contribution in [2.24, 2.45) is 0 Å². The second-order valence-corrected chi connectivity index (χ2v) is 5.84. The molecule has 0 radical (unpaired) electrons. The van der Waals surface area contributed by atoms with Crippen molar-refractivity contribution in [2.75, 3.05) is 5.32 Å². The van der Waals surface area contributed by atoms with Crippen LogP contribution in [0.1, 0.15) is 33.6 Å². The zero-order chi connectivity index (χ0) is 13.2. The molecule has 2 nitrogen and oxygen atoms in total. The van der Waals surface area contributed by atoms with E-state index < -0.39 is 5.82 Å². The molecule has 0 saturated carbocycles. The predicted octanol–water partition coefficient (Wildman–Crippen LogP) is 4.02. The molecule has 2 aromatic rings. The van der Waals surface area contributed by atoms with Crippen molar-refractivity contribution in [3.63, 3.8) is 0 Å². The smallest absolute Gasteiger partial charge is 0.259 e. The summed E-state index contributed by atoms with van der Waals surface area (Å²) in [4.78, 5) is 13.4. The Hall–Kier alpha value is -1.68. The molecule has 98 valence electrons. The van der Waals surface area contributed by atoms with Crippen molar-refractivity contribution in [1.29, 1.82) is 0 Å². The maximum absolute atomic E-state index is 13.5. The number of nitrogens with one attached hydrogen (secondary N) is 1. The van der Waals surface area contributed by atoms with Gasteiger partial charge in [-0.2, -0.15) is 0 Å². The first kappa shape index (κ1) is 12.4. The van der Waals surface area contributed by atoms with Gasteiger partial charge < -0.3 is 5.32 Å². The number of carbonyl (C=O) groups excluding carboxylic acids is 1. The van der Waals surface area contributed by atoms with E-state index >= 15 is 0 Å². The van der Waals surface area contributed by atoms with Gasteiger partial charge in [-0.15, -0.1) is 11.3 Å². The molecule has 0 atom stereocenters. The monoisotopic (exact) mass is 275 g/mol. The summed E-state index contributed by atoms with van der Waals surface area (Å²) < 4.78 is 13.5. The average molecular weight is 275 g/mol. The molecular formula is C15H14FNOS. The van der Waals surface area contributed by atoms with Gasteiger partial charge in [0.25, 0.3) is 5.91 Å². The maximum atomic E-state index is 13.5. The molecule has 0 unspecified atom stereocenters. The van der Waals surface area contributed by atoms with Crippen LogP contribution in [0, 0.1) is 5.82 Å². The summed E-state index contributed by atoms with van der Waals surface area (Å²) >= 11 is 1.61. The first-order valence-corrected chi connectivity index (χ1v) is 7.23. The Morgan fingerprint density at radius 2 is 2.00 bits per heavy atom. The van der Waals surface area contributed by atoms with E-state index in [2.05, 4.69) is 5.32 Å². The maximum Gasteiger partial charge on any atom is 0.259 e. The van der Waals surface area contributed by atoms with Gasteiger partial charge in [0.2, 0.25) is 0 Å². The topological polar surface area (TPSA) is 29.1 Å². The summed E-state index contributed by atoms with van der Waals surface area (Å²) in [6.45, 7) is 0. The Morgan fingerprint density at radius 1 is 1.21 bits per heavy atom. The highest BCUT2D eigenvalue weighted by atomic mass is 32.1. The Kier molecular flexibility index (Phi) is 3.34. The highest BCUT2D eigenvalue weighted by Crippen LogP contribution is 2.33. The average Bonchev–Trinajstić information content (AvgIpc) is 2.81. The summed E-state index contributed by atoms with van der Waals surface area (Å²) in [6.07, 6.45) is 4.61. The molecule has 1 N–H and O–H groups in total. The predicted molar refractivity (Wildman–Crippen MR) is 75.3 cm³/mol. The lowest BCUT2D eigenvalue weighted by Crippen LogP contribution is -2.12. The van der Waals surface area contributed by atoms with E-state index in [1.807, 2.05) is 6.07 Å². The number of benzene rings is 1. The number of thiophene rings is 1. The molecule has 1 aromatic heterocycles. The molecule has 1 amide bonds. The number of aryl methyl sites for hydroxylation is 2. The third-order valence-electron chi connectivity index (χ3n) is 3.35. The molecule has 0 bridgehead atoms. The quantitative estimate of drug-likeness (QED) is 0.881. The first-order chi connectivity index (χ1) is 9.24. The molecular weight excluding hydrogens is 261 g/mol. The van der Waals surface area contributed by atoms with Gasteiger partial charge in [-0.3, -0.25) is 4.79 Å². The summed E-state index contributed by atoms with van der Waals surface area (Å²) in [5.74, 6) is -0.863. The van der Waals surface area contributed by atoms with Gasteiger partial charge in [-0.25, -0.2) is 4.39 Å². The molecule has 1 aliphatic rings. The fourth-order valence-electron chi connectivity index (χ4n) is 2.38. The molecule has 0 aliphatic heterocycles. The van der Waals surface area contributed by atoms with Crippen LogP contribution >= 0.6 is 11.3 Å². The van der Waals surface area contributed by atoms with Crippen LogP contribution in [0.5, 0.6) is 0 Å². The highest BCUT2D eigenvalue weighted by Gasteiger charge is 2.16. The lowest BCUT2D eigenvalue weighted by atomic mass is 10.00. The van der Waals surface area contributed by atoms with E-state index in [1.54, 1.807) is 23.5 Å². The van der Waals surface area contributed by atoms with Crippen LogP contribution < -0.4 is 5.32 Å². The summed E-state index contributed by atoms with van der Waals surface area (Å²) in [6, 6.07) is 8.07. The van der Waals surface area contributed by atoms with Crippen molar-refractivity contribution in [1.82, 2.24) is 0 Å². The number of hydrogen-bond acceptors (Lipinski definition) is 2. The molecule has 0 fully saturated rings. The van der Waals surface area contributed by atoms with Gasteiger partial charge >= 0.3 is 0 Å². The Bertz CT molecular complexity index is 597. The Balaban J connectivity index is 1.80. The summed E-state index contributed by atoms with van der Waals surface area (Å²) in [7, 11) is 0. The molecule has 19 heavy (non-hydrogen) atoms. The van der Waals surface area contributed by atoms with Crippen LogP contribution in [0.4, 0.5) is 9.39 Å². The zero-order valence-corrected chi connectivity index (χ0v) is 11.2. The van der Waals surface area contributed by atoms with Crippen LogP contribution in [0.2, 0.25) is 0 Å². The number of hydrogen-bond donors (Lipinski definition) is 1. The van der Waals surface area contributed by atoms with Crippen molar-refractivity contribution >= 4 is 22.2 Å². The number of anilines is 1. The highest BCUT2D eigenvalue weighted by molar-refractivity contribution is 7.16. The third kappa shape index (κ3) is 2.54. The second kappa shape index (κ2) is 5.13. The molecule has 1 aromatic carbocycles. The second-order valence-electron chi connectivity index (χ2n) is 4.70. The van der Waals surface area contributed by atoms with Gasteiger partial charge in [-0.05, 0) is 49.4 Å². The summed E-state index contributed by atoms with van der Waals surface area (Å²) in [5, 5.41) is 3.62. The lowest BCUT2D eigenvalue weighted by molar-refractivity contribution is 0.102. The fraction of sp³-hybridized carbons (Fsp3) is 0.267. The molecule has 0 spiro atoms. The van der Waals surface area contributed by atoms with Gasteiger partial charge in [0, 0.05) is 4.88 Å². The minimum atomic E-state index is -0.485. The van der Waals surface area contributed by atoms with Crippen LogP contribution in [-0.2, 0) is 12.8 Å². The van der Waals surface area contributed by atoms with E-state index in [0.29, 0.717) is 0 Å². The van der Waals surface area contributed by atoms with Crippen molar-refractivity contribution < 1.29 is 9.18 Å². The number of fused-ring (bicyclic) bond motifs is 1. The van der Waals surface area contributed by atoms with Gasteiger partial charge in [0.1, 0.15) is 5.82 Å². The number of carbonyl (C=O) groups is 1. The van der Waals surface area contributed by atoms with Gasteiger partial charge in [0.15, 0.2) is 0 Å². The molecule has 3 rings (SSSR count). The fourth-order valence-corrected chi connectivity index (χ4v) is 3.53. The van der Waals surface area contributed by atoms with Crippen LogP contribution in [0.25, 0.3) is 0 Å². The van der Waals surface area contributed by atoms with Crippen LogP contribution in [0.15, 0.2) is 30.3 Å². The molecule has 1 heterocycles. The van der Waals surface area contributed by atoms with Crippen LogP contribution in [-0.4, -0.2) is 5.91 Å². The number of rotatable bonds is 2. The molecule has 4 heteroatoms. The normalized spacial score (nSPS) is 13.9. The van der Waals surface area contributed by atoms with Crippen LogP contribution in [0.3, 0.4) is 0 Å². The van der Waals surface area contributed by atoms with Gasteiger partial charge in [-0.1, -0.05) is 12.1 Å². The zero-order valence-electron chi connectivity index (χ0n) is 10.4. The van der Waals surface area contributed by atoms with Gasteiger partial charge in [0.05, 0.1) is 10.6 Å². The van der Waals surface area contributed by atoms with E-state index in [-0.39, 0.29) is 11.5 Å². The van der Waals surface area contributed by atoms with E-state index in [9.17, 15) is 9.18 Å². The number of amides is 1. The SMILES string of the molecule is O=C(Nc1cc2c(s1)CCCC2)c1ccccc1F. The van der Waals surface area contributed by atoms with Crippen molar-refractivity contribution in [3.8, 4) is 0 Å². The van der Waals surface area contributed by atoms with E-state index in [4.69, 9.17) is 0 Å². The minimum absolute atomic E-state index is 0.0915. The van der Waals surface area contributed by atoms with Crippen molar-refractivity contribution in [3.05, 3.63) is 52.2 Å². The largest absolute Gasteiger partial charge is 0.313 e. The minimum Gasteiger partial charge on any atom is -0.313 e. The lowest BCUT2D eigenvalue weighted by Gasteiger charge is -2.08. The Labute approximate surface area is 115 Å². The third-order valence-corrected chi connectivity index (χ3v) is 4.50. The standard InChI is InChI=1S/C15H14FNOS/c16-12-7-3-2-6-11(12)15(18)17-14-9-10-5-1-4-8-13(10)19-14/h2-3,6-7,9H,1,4-5,8H2,(H,17,18). The van der Waals surface area contributed by atoms with E-state index in [0.717, 1.165) is 17.8 Å². The van der Waals surface area contributed by atoms with Crippen molar-refractivity contribution in [2.45, 2.75) is 25.7 Å².